The molecule has 8 nitrogen and oxygen atoms in total. The zero-order valence-corrected chi connectivity index (χ0v) is 18.6. The van der Waals surface area contributed by atoms with E-state index in [1.54, 1.807) is 24.3 Å². The monoisotopic (exact) mass is 477 g/mol. The number of methoxy groups -OCH3 is 2. The Hall–Kier alpha value is -3.20. The Morgan fingerprint density at radius 3 is 2.40 bits per heavy atom. The quantitative estimate of drug-likeness (QED) is 0.454. The maximum atomic E-state index is 12.3. The van der Waals surface area contributed by atoms with E-state index >= 15 is 0 Å². The minimum atomic E-state index is -0.409. The molecule has 160 valence electrons. The molecule has 30 heavy (non-hydrogen) atoms. The van der Waals surface area contributed by atoms with Crippen molar-refractivity contribution < 1.29 is 23.8 Å². The van der Waals surface area contributed by atoms with Gasteiger partial charge in [-0.05, 0) is 42.8 Å². The van der Waals surface area contributed by atoms with Crippen LogP contribution in [-0.2, 0) is 9.59 Å². The highest BCUT2D eigenvalue weighted by Gasteiger charge is 2.11. The summed E-state index contributed by atoms with van der Waals surface area (Å²) < 4.78 is 16.8. The van der Waals surface area contributed by atoms with Gasteiger partial charge in [0.25, 0.3) is 5.91 Å². The van der Waals surface area contributed by atoms with Crippen LogP contribution in [0.2, 0.25) is 0 Å². The smallest absolute Gasteiger partial charge is 0.276 e. The summed E-state index contributed by atoms with van der Waals surface area (Å²) in [6, 6.07) is 10.6. The molecule has 0 bridgehead atoms. The third kappa shape index (κ3) is 7.00. The van der Waals surface area contributed by atoms with Crippen molar-refractivity contribution in [3.8, 4) is 17.2 Å². The molecule has 9 heteroatoms. The Kier molecular flexibility index (Phi) is 8.54. The first kappa shape index (κ1) is 23.1. The standard InChI is InChI=1S/C21H24BrN3O5/c1-13-9-15(22)5-7-18(13)30-12-21(27)25-24-14(2)10-20(26)23-17-11-16(28-3)6-8-19(17)29-4/h5-9,11,24H,2,10,12H2,1,3-4H3,(H,23,26)(H,25,27). The first-order valence-electron chi connectivity index (χ1n) is 8.96. The SMILES string of the molecule is C=C(CC(=O)Nc1cc(OC)ccc1OC)NNC(=O)COc1ccc(Br)cc1C. The second-order valence-corrected chi connectivity index (χ2v) is 7.18. The topological polar surface area (TPSA) is 97.9 Å². The van der Waals surface area contributed by atoms with E-state index in [0.29, 0.717) is 28.6 Å². The van der Waals surface area contributed by atoms with Crippen LogP contribution in [0.1, 0.15) is 12.0 Å². The fourth-order valence-corrected chi connectivity index (χ4v) is 2.93. The number of hydrazine groups is 1. The first-order valence-corrected chi connectivity index (χ1v) is 9.75. The molecule has 2 aromatic rings. The van der Waals surface area contributed by atoms with E-state index in [0.717, 1.165) is 10.0 Å². The van der Waals surface area contributed by atoms with Gasteiger partial charge >= 0.3 is 0 Å². The third-order valence-electron chi connectivity index (χ3n) is 3.93. The van der Waals surface area contributed by atoms with Gasteiger partial charge in [-0.3, -0.25) is 15.0 Å². The molecule has 2 rings (SSSR count). The predicted octanol–water partition coefficient (Wildman–Crippen LogP) is 3.32. The van der Waals surface area contributed by atoms with Gasteiger partial charge in [-0.1, -0.05) is 22.5 Å². The summed E-state index contributed by atoms with van der Waals surface area (Å²) in [5.41, 5.74) is 6.74. The molecule has 0 saturated carbocycles. The summed E-state index contributed by atoms with van der Waals surface area (Å²) in [6.45, 7) is 5.44. The van der Waals surface area contributed by atoms with Gasteiger partial charge in [0, 0.05) is 16.2 Å². The zero-order chi connectivity index (χ0) is 22.1. The number of hydrogen-bond acceptors (Lipinski definition) is 6. The number of aryl methyl sites for hydroxylation is 1. The van der Waals surface area contributed by atoms with Crippen LogP contribution in [0.3, 0.4) is 0 Å². The van der Waals surface area contributed by atoms with Gasteiger partial charge in [-0.2, -0.15) is 0 Å². The molecule has 2 aromatic carbocycles. The Morgan fingerprint density at radius 1 is 1.00 bits per heavy atom. The van der Waals surface area contributed by atoms with Crippen molar-refractivity contribution in [1.82, 2.24) is 10.9 Å². The number of amides is 2. The minimum absolute atomic E-state index is 0.0622. The Labute approximate surface area is 183 Å². The van der Waals surface area contributed by atoms with Crippen LogP contribution in [0.4, 0.5) is 5.69 Å². The average molecular weight is 478 g/mol. The second-order valence-electron chi connectivity index (χ2n) is 6.27. The number of hydrogen-bond donors (Lipinski definition) is 3. The lowest BCUT2D eigenvalue weighted by Gasteiger charge is -2.14. The average Bonchev–Trinajstić information content (AvgIpc) is 2.71. The van der Waals surface area contributed by atoms with Gasteiger partial charge in [0.05, 0.1) is 26.3 Å². The molecule has 0 aliphatic carbocycles. The van der Waals surface area contributed by atoms with Crippen molar-refractivity contribution in [1.29, 1.82) is 0 Å². The van der Waals surface area contributed by atoms with E-state index < -0.39 is 5.91 Å². The number of benzene rings is 2. The van der Waals surface area contributed by atoms with Crippen LogP contribution in [0.5, 0.6) is 17.2 Å². The highest BCUT2D eigenvalue weighted by molar-refractivity contribution is 9.10. The first-order chi connectivity index (χ1) is 14.3. The maximum absolute atomic E-state index is 12.3. The molecular formula is C21H24BrN3O5. The predicted molar refractivity (Wildman–Crippen MR) is 118 cm³/mol. The van der Waals surface area contributed by atoms with Crippen molar-refractivity contribution in [3.05, 3.63) is 58.7 Å². The molecule has 0 heterocycles. The highest BCUT2D eigenvalue weighted by Crippen LogP contribution is 2.29. The number of ether oxygens (including phenoxy) is 3. The van der Waals surface area contributed by atoms with Crippen LogP contribution in [0, 0.1) is 6.92 Å². The normalized spacial score (nSPS) is 10.0. The van der Waals surface area contributed by atoms with E-state index in [2.05, 4.69) is 38.7 Å². The molecule has 0 aliphatic rings. The summed E-state index contributed by atoms with van der Waals surface area (Å²) in [7, 11) is 3.04. The lowest BCUT2D eigenvalue weighted by Crippen LogP contribution is -2.40. The van der Waals surface area contributed by atoms with Gasteiger partial charge in [-0.25, -0.2) is 0 Å². The van der Waals surface area contributed by atoms with E-state index in [-0.39, 0.29) is 18.9 Å². The highest BCUT2D eigenvalue weighted by atomic mass is 79.9. The lowest BCUT2D eigenvalue weighted by atomic mass is 10.2. The molecule has 0 radical (unpaired) electrons. The van der Waals surface area contributed by atoms with Gasteiger partial charge in [-0.15, -0.1) is 0 Å². The number of nitrogens with one attached hydrogen (secondary N) is 3. The molecule has 0 saturated heterocycles. The summed E-state index contributed by atoms with van der Waals surface area (Å²) in [5, 5.41) is 2.73. The van der Waals surface area contributed by atoms with E-state index in [1.165, 1.54) is 14.2 Å². The maximum Gasteiger partial charge on any atom is 0.276 e. The van der Waals surface area contributed by atoms with Crippen LogP contribution < -0.4 is 30.4 Å². The zero-order valence-electron chi connectivity index (χ0n) is 17.0. The van der Waals surface area contributed by atoms with Crippen molar-refractivity contribution >= 4 is 33.4 Å². The van der Waals surface area contributed by atoms with Crippen LogP contribution in [-0.4, -0.2) is 32.6 Å². The summed E-state index contributed by atoms with van der Waals surface area (Å²) in [5.74, 6) is 0.940. The molecule has 0 aromatic heterocycles. The largest absolute Gasteiger partial charge is 0.497 e. The molecule has 0 aliphatic heterocycles. The van der Waals surface area contributed by atoms with Crippen LogP contribution in [0.15, 0.2) is 53.1 Å². The Bertz CT molecular complexity index is 933. The van der Waals surface area contributed by atoms with Crippen molar-refractivity contribution in [3.63, 3.8) is 0 Å². The second kappa shape index (κ2) is 11.1. The Morgan fingerprint density at radius 2 is 1.73 bits per heavy atom. The summed E-state index contributed by atoms with van der Waals surface area (Å²) in [4.78, 5) is 24.2. The summed E-state index contributed by atoms with van der Waals surface area (Å²) in [6.07, 6.45) is -0.0622. The van der Waals surface area contributed by atoms with Gasteiger partial charge in [0.2, 0.25) is 5.91 Å². The van der Waals surface area contributed by atoms with Gasteiger partial charge in [0.1, 0.15) is 17.2 Å². The molecule has 0 fully saturated rings. The molecular weight excluding hydrogens is 454 g/mol. The third-order valence-corrected chi connectivity index (χ3v) is 4.42. The summed E-state index contributed by atoms with van der Waals surface area (Å²) >= 11 is 3.37. The van der Waals surface area contributed by atoms with Gasteiger partial charge in [0.15, 0.2) is 6.61 Å². The molecule has 3 N–H and O–H groups in total. The fraction of sp³-hybridized carbons (Fsp3) is 0.238. The molecule has 0 spiro atoms. The van der Waals surface area contributed by atoms with Crippen LogP contribution in [0.25, 0.3) is 0 Å². The number of carbonyl (C=O) groups is 2. The van der Waals surface area contributed by atoms with Crippen molar-refractivity contribution in [2.45, 2.75) is 13.3 Å². The van der Waals surface area contributed by atoms with Crippen molar-refractivity contribution in [2.75, 3.05) is 26.1 Å². The Balaban J connectivity index is 1.78. The number of anilines is 1. The number of rotatable bonds is 10. The fourth-order valence-electron chi connectivity index (χ4n) is 2.46. The van der Waals surface area contributed by atoms with E-state index in [1.807, 2.05) is 19.1 Å². The van der Waals surface area contributed by atoms with E-state index in [4.69, 9.17) is 14.2 Å². The molecule has 0 unspecified atom stereocenters. The molecule has 2 amide bonds. The van der Waals surface area contributed by atoms with Crippen LogP contribution >= 0.6 is 15.9 Å². The molecule has 0 atom stereocenters. The number of carbonyl (C=O) groups excluding carboxylic acids is 2. The van der Waals surface area contributed by atoms with E-state index in [9.17, 15) is 9.59 Å². The number of halogens is 1. The van der Waals surface area contributed by atoms with Crippen molar-refractivity contribution in [2.24, 2.45) is 0 Å². The van der Waals surface area contributed by atoms with Gasteiger partial charge < -0.3 is 25.0 Å². The lowest BCUT2D eigenvalue weighted by molar-refractivity contribution is -0.124. The minimum Gasteiger partial charge on any atom is -0.497 e.